The minimum atomic E-state index is -3.52. The first-order chi connectivity index (χ1) is 16.4. The standard InChI is InChI=1S/C29H45IO3S/c1-4-6-8-10-12-14-16-26-18-22-28(23-19-26)30(33-34(3,31)32)29-24-20-27(21-25-29)17-15-13-11-9-7-5-2/h18-25H,4-17H2,1-3H3. The van der Waals surface area contributed by atoms with Gasteiger partial charge in [-0.3, -0.25) is 0 Å². The number of halogens is 1. The number of hydrogen-bond acceptors (Lipinski definition) is 3. The molecule has 0 amide bonds. The zero-order valence-electron chi connectivity index (χ0n) is 21.5. The number of aryl methyl sites for hydroxylation is 2. The topological polar surface area (TPSA) is 43.4 Å². The van der Waals surface area contributed by atoms with Gasteiger partial charge >= 0.3 is 218 Å². The third-order valence-electron chi connectivity index (χ3n) is 6.04. The maximum absolute atomic E-state index is 12.0. The van der Waals surface area contributed by atoms with Crippen molar-refractivity contribution in [3.8, 4) is 0 Å². The average Bonchev–Trinajstić information content (AvgIpc) is 2.82. The molecule has 0 aliphatic carbocycles. The van der Waals surface area contributed by atoms with E-state index in [2.05, 4.69) is 62.4 Å². The van der Waals surface area contributed by atoms with Crippen LogP contribution in [0.3, 0.4) is 0 Å². The summed E-state index contributed by atoms with van der Waals surface area (Å²) in [4.78, 5) is 0. The van der Waals surface area contributed by atoms with Crippen LogP contribution >= 0.6 is 20.2 Å². The van der Waals surface area contributed by atoms with E-state index in [1.807, 2.05) is 0 Å². The Morgan fingerprint density at radius 2 is 0.941 bits per heavy atom. The molecular formula is C29H45IO3S. The van der Waals surface area contributed by atoms with Crippen LogP contribution in [-0.4, -0.2) is 14.7 Å². The summed E-state index contributed by atoms with van der Waals surface area (Å²) in [5.41, 5.74) is 2.65. The van der Waals surface area contributed by atoms with Crippen LogP contribution in [0.15, 0.2) is 48.5 Å². The molecule has 2 aromatic carbocycles. The van der Waals surface area contributed by atoms with Gasteiger partial charge in [0.1, 0.15) is 0 Å². The molecule has 0 saturated heterocycles. The third-order valence-corrected chi connectivity index (χ3v) is 13.1. The quantitative estimate of drug-likeness (QED) is 0.127. The molecule has 3 nitrogen and oxygen atoms in total. The van der Waals surface area contributed by atoms with E-state index in [0.29, 0.717) is 0 Å². The number of benzene rings is 2. The van der Waals surface area contributed by atoms with Crippen LogP contribution in [-0.2, 0) is 25.5 Å². The van der Waals surface area contributed by atoms with Gasteiger partial charge in [-0.2, -0.15) is 0 Å². The van der Waals surface area contributed by atoms with Crippen LogP contribution in [0.5, 0.6) is 0 Å². The van der Waals surface area contributed by atoms with Gasteiger partial charge in [-0.1, -0.05) is 0 Å². The van der Waals surface area contributed by atoms with Crippen molar-refractivity contribution in [2.75, 3.05) is 6.26 Å². The second-order valence-electron chi connectivity index (χ2n) is 9.30. The van der Waals surface area contributed by atoms with E-state index in [4.69, 9.17) is 2.51 Å². The normalized spacial score (nSPS) is 12.1. The SMILES string of the molecule is CCCCCCCCc1ccc(I(OS(C)(=O)=O)c2ccc(CCCCCCCC)cc2)cc1. The van der Waals surface area contributed by atoms with Crippen molar-refractivity contribution in [2.45, 2.75) is 104 Å². The van der Waals surface area contributed by atoms with E-state index >= 15 is 0 Å². The molecule has 0 spiro atoms. The zero-order valence-corrected chi connectivity index (χ0v) is 24.5. The first-order valence-corrected chi connectivity index (χ1v) is 18.1. The minimum absolute atomic E-state index is 1.03. The van der Waals surface area contributed by atoms with E-state index in [1.54, 1.807) is 0 Å². The third kappa shape index (κ3) is 12.2. The number of unbranched alkanes of at least 4 members (excludes halogenated alkanes) is 10. The fraction of sp³-hybridized carbons (Fsp3) is 0.586. The molecule has 0 saturated carbocycles. The molecule has 0 bridgehead atoms. The van der Waals surface area contributed by atoms with Gasteiger partial charge in [-0.15, -0.1) is 0 Å². The van der Waals surface area contributed by atoms with Crippen LogP contribution in [0.1, 0.15) is 102 Å². The molecular weight excluding hydrogens is 555 g/mol. The summed E-state index contributed by atoms with van der Waals surface area (Å²) < 4.78 is 31.8. The molecule has 5 heteroatoms. The molecule has 0 radical (unpaired) electrons. The summed E-state index contributed by atoms with van der Waals surface area (Å²) >= 11 is -2.51. The van der Waals surface area contributed by atoms with E-state index in [0.717, 1.165) is 26.2 Å². The summed E-state index contributed by atoms with van der Waals surface area (Å²) in [6.07, 6.45) is 18.9. The van der Waals surface area contributed by atoms with Crippen molar-refractivity contribution in [1.82, 2.24) is 0 Å². The second-order valence-corrected chi connectivity index (χ2v) is 15.8. The zero-order chi connectivity index (χ0) is 24.7. The van der Waals surface area contributed by atoms with Crippen LogP contribution in [0.25, 0.3) is 0 Å². The Morgan fingerprint density at radius 1 is 0.588 bits per heavy atom. The number of hydrogen-bond donors (Lipinski definition) is 0. The molecule has 0 unspecified atom stereocenters. The Bertz CT molecular complexity index is 832. The fourth-order valence-electron chi connectivity index (χ4n) is 4.06. The Balaban J connectivity index is 1.96. The molecule has 0 heterocycles. The molecule has 0 aliphatic rings. The van der Waals surface area contributed by atoms with E-state index in [9.17, 15) is 8.42 Å². The van der Waals surface area contributed by atoms with Crippen molar-refractivity contribution in [2.24, 2.45) is 0 Å². The van der Waals surface area contributed by atoms with E-state index in [-0.39, 0.29) is 0 Å². The molecule has 0 aliphatic heterocycles. The predicted octanol–water partition coefficient (Wildman–Crippen LogP) is 8.93. The summed E-state index contributed by atoms with van der Waals surface area (Å²) in [5, 5.41) is 0. The Morgan fingerprint density at radius 3 is 1.29 bits per heavy atom. The van der Waals surface area contributed by atoms with Crippen molar-refractivity contribution < 1.29 is 10.9 Å². The first-order valence-electron chi connectivity index (χ1n) is 13.2. The second kappa shape index (κ2) is 16.7. The maximum atomic E-state index is 12.0. The van der Waals surface area contributed by atoms with Gasteiger partial charge < -0.3 is 0 Å². The van der Waals surface area contributed by atoms with Gasteiger partial charge in [0.25, 0.3) is 0 Å². The molecule has 0 fully saturated rings. The molecule has 2 aromatic rings. The first kappa shape index (κ1) is 29.3. The molecule has 192 valence electrons. The van der Waals surface area contributed by atoms with Gasteiger partial charge in [0.15, 0.2) is 0 Å². The van der Waals surface area contributed by atoms with Gasteiger partial charge in [0.2, 0.25) is 0 Å². The van der Waals surface area contributed by atoms with Crippen LogP contribution < -0.4 is 0 Å². The van der Waals surface area contributed by atoms with Crippen molar-refractivity contribution in [3.63, 3.8) is 0 Å². The molecule has 2 rings (SSSR count). The van der Waals surface area contributed by atoms with E-state index in [1.165, 1.54) is 88.2 Å². The predicted molar refractivity (Wildman–Crippen MR) is 154 cm³/mol. The van der Waals surface area contributed by atoms with Gasteiger partial charge in [-0.25, -0.2) is 0 Å². The fourth-order valence-corrected chi connectivity index (χ4v) is 10.4. The molecule has 34 heavy (non-hydrogen) atoms. The van der Waals surface area contributed by atoms with Gasteiger partial charge in [-0.05, 0) is 0 Å². The average molecular weight is 601 g/mol. The van der Waals surface area contributed by atoms with Crippen LogP contribution in [0, 0.1) is 7.14 Å². The Labute approximate surface area is 217 Å². The van der Waals surface area contributed by atoms with Gasteiger partial charge in [0, 0.05) is 0 Å². The summed E-state index contributed by atoms with van der Waals surface area (Å²) in [7, 11) is -3.52. The monoisotopic (exact) mass is 600 g/mol. The Hall–Kier alpha value is -0.920. The molecule has 0 aromatic heterocycles. The summed E-state index contributed by atoms with van der Waals surface area (Å²) in [6, 6.07) is 17.0. The molecule has 0 N–H and O–H groups in total. The van der Waals surface area contributed by atoms with Gasteiger partial charge in [0.05, 0.1) is 0 Å². The Kier molecular flexibility index (Phi) is 14.4. The summed E-state index contributed by atoms with van der Waals surface area (Å²) in [6.45, 7) is 4.49. The van der Waals surface area contributed by atoms with E-state index < -0.39 is 30.4 Å². The van der Waals surface area contributed by atoms with Crippen molar-refractivity contribution >= 4 is 30.4 Å². The molecule has 0 atom stereocenters. The van der Waals surface area contributed by atoms with Crippen LogP contribution in [0.4, 0.5) is 0 Å². The number of rotatable bonds is 18. The van der Waals surface area contributed by atoms with Crippen LogP contribution in [0.2, 0.25) is 0 Å². The van der Waals surface area contributed by atoms with Crippen molar-refractivity contribution in [3.05, 3.63) is 66.8 Å². The van der Waals surface area contributed by atoms with Crippen molar-refractivity contribution in [1.29, 1.82) is 0 Å². The summed E-state index contributed by atoms with van der Waals surface area (Å²) in [5.74, 6) is 0.